The van der Waals surface area contributed by atoms with Crippen molar-refractivity contribution in [3.8, 4) is 5.75 Å². The number of ether oxygens (including phenoxy) is 1. The van der Waals surface area contributed by atoms with Crippen molar-refractivity contribution < 1.29 is 18.5 Å². The molecule has 1 aromatic carbocycles. The van der Waals surface area contributed by atoms with Crippen molar-refractivity contribution in [2.75, 3.05) is 17.9 Å². The van der Waals surface area contributed by atoms with Crippen LogP contribution in [-0.2, 0) is 20.8 Å². The number of hydrogen-bond acceptors (Lipinski definition) is 5. The van der Waals surface area contributed by atoms with Gasteiger partial charge in [0, 0.05) is 12.6 Å². The Morgan fingerprint density at radius 1 is 1.34 bits per heavy atom. The summed E-state index contributed by atoms with van der Waals surface area (Å²) in [7, 11) is 0. The highest BCUT2D eigenvalue weighted by atomic mass is 32.2. The van der Waals surface area contributed by atoms with Gasteiger partial charge in [-0.3, -0.25) is 14.3 Å². The van der Waals surface area contributed by atoms with Crippen molar-refractivity contribution >= 4 is 34.5 Å². The number of nitrogens with two attached hydrogens (primary N) is 1. The van der Waals surface area contributed by atoms with Crippen LogP contribution in [0.4, 0.5) is 5.69 Å². The molecule has 5 N–H and O–H groups in total. The van der Waals surface area contributed by atoms with E-state index in [0.29, 0.717) is 36.4 Å². The molecular weight excluding hydrogens is 394 g/mol. The average Bonchev–Trinajstić information content (AvgIpc) is 3.20. The first kappa shape index (κ1) is 19.7. The maximum atomic E-state index is 13.2. The Bertz CT molecular complexity index is 883. The average molecular weight is 420 g/mol. The Morgan fingerprint density at radius 3 is 2.90 bits per heavy atom. The van der Waals surface area contributed by atoms with Gasteiger partial charge in [0.25, 0.3) is 0 Å². The fourth-order valence-electron chi connectivity index (χ4n) is 4.14. The summed E-state index contributed by atoms with van der Waals surface area (Å²) >= 11 is -1.64. The van der Waals surface area contributed by atoms with Gasteiger partial charge < -0.3 is 21.1 Å². The minimum atomic E-state index is -1.64. The number of fused-ring (bicyclic) bond motifs is 1. The van der Waals surface area contributed by atoms with Crippen LogP contribution in [0.5, 0.6) is 5.75 Å². The maximum Gasteiger partial charge on any atom is 0.245 e. The lowest BCUT2D eigenvalue weighted by Crippen LogP contribution is -2.58. The van der Waals surface area contributed by atoms with E-state index >= 15 is 0 Å². The van der Waals surface area contributed by atoms with Gasteiger partial charge in [0.05, 0.1) is 11.3 Å². The Hall–Kier alpha value is -2.62. The summed E-state index contributed by atoms with van der Waals surface area (Å²) < 4.78 is 24.2. The summed E-state index contributed by atoms with van der Waals surface area (Å²) in [6.07, 6.45) is 5.16. The predicted octanol–water partition coefficient (Wildman–Crippen LogP) is 0.730. The second-order valence-corrected chi connectivity index (χ2v) is 8.58. The SMILES string of the molecule is NC1=NS(=O)Nc2cccc(OCC3(C(=O)NC4CCCC4)CCCNC3=O)c21. The molecule has 29 heavy (non-hydrogen) atoms. The Kier molecular flexibility index (Phi) is 5.44. The lowest BCUT2D eigenvalue weighted by atomic mass is 9.79. The molecule has 2 atom stereocenters. The van der Waals surface area contributed by atoms with Gasteiger partial charge >= 0.3 is 0 Å². The highest BCUT2D eigenvalue weighted by molar-refractivity contribution is 7.85. The first-order chi connectivity index (χ1) is 14.0. The number of rotatable bonds is 5. The van der Waals surface area contributed by atoms with Gasteiger partial charge in [-0.25, -0.2) is 4.21 Å². The fourth-order valence-corrected chi connectivity index (χ4v) is 4.82. The molecule has 1 aromatic rings. The Morgan fingerprint density at radius 2 is 2.14 bits per heavy atom. The number of nitrogens with one attached hydrogen (secondary N) is 3. The van der Waals surface area contributed by atoms with Gasteiger partial charge in [-0.1, -0.05) is 18.9 Å². The van der Waals surface area contributed by atoms with Crippen LogP contribution in [0, 0.1) is 5.41 Å². The van der Waals surface area contributed by atoms with Crippen molar-refractivity contribution in [2.45, 2.75) is 44.6 Å². The number of benzene rings is 1. The molecule has 0 radical (unpaired) electrons. The predicted molar refractivity (Wildman–Crippen MR) is 110 cm³/mol. The van der Waals surface area contributed by atoms with E-state index in [-0.39, 0.29) is 30.3 Å². The standard InChI is InChI=1S/C19H25N5O4S/c20-16-15-13(23-29(27)24-16)7-3-8-14(15)28-11-19(9-4-10-21-17(19)25)18(26)22-12-5-1-2-6-12/h3,7-8,12,23H,1-2,4-6,9-11H2,(H2,20,24)(H,21,25)(H,22,26). The van der Waals surface area contributed by atoms with Crippen LogP contribution in [0.25, 0.3) is 0 Å². The van der Waals surface area contributed by atoms with Crippen molar-refractivity contribution in [3.63, 3.8) is 0 Å². The van der Waals surface area contributed by atoms with Crippen LogP contribution in [0.3, 0.4) is 0 Å². The number of amides is 2. The highest BCUT2D eigenvalue weighted by Gasteiger charge is 2.49. The molecule has 0 spiro atoms. The van der Waals surface area contributed by atoms with Gasteiger partial charge in [-0.05, 0) is 37.8 Å². The first-order valence-corrected chi connectivity index (χ1v) is 11.0. The number of anilines is 1. The topological polar surface area (TPSA) is 135 Å². The molecule has 0 bridgehead atoms. The van der Waals surface area contributed by atoms with Crippen LogP contribution in [0.15, 0.2) is 22.6 Å². The molecule has 1 saturated heterocycles. The second-order valence-electron chi connectivity index (χ2n) is 7.69. The molecule has 10 heteroatoms. The normalized spacial score (nSPS) is 26.7. The smallest absolute Gasteiger partial charge is 0.245 e. The summed E-state index contributed by atoms with van der Waals surface area (Å²) in [5.74, 6) is -0.123. The van der Waals surface area contributed by atoms with Crippen LogP contribution >= 0.6 is 0 Å². The highest BCUT2D eigenvalue weighted by Crippen LogP contribution is 2.34. The van der Waals surface area contributed by atoms with E-state index in [9.17, 15) is 13.8 Å². The summed E-state index contributed by atoms with van der Waals surface area (Å²) in [4.78, 5) is 25.9. The monoisotopic (exact) mass is 419 g/mol. The fraction of sp³-hybridized carbons (Fsp3) is 0.526. The van der Waals surface area contributed by atoms with E-state index in [0.717, 1.165) is 25.7 Å². The van der Waals surface area contributed by atoms with Gasteiger partial charge in [0.1, 0.15) is 18.2 Å². The molecule has 156 valence electrons. The van der Waals surface area contributed by atoms with Gasteiger partial charge in [0.15, 0.2) is 5.41 Å². The van der Waals surface area contributed by atoms with Crippen molar-refractivity contribution in [3.05, 3.63) is 23.8 Å². The van der Waals surface area contributed by atoms with Crippen LogP contribution in [0.1, 0.15) is 44.1 Å². The third-order valence-electron chi connectivity index (χ3n) is 5.76. The molecule has 2 amide bonds. The van der Waals surface area contributed by atoms with Gasteiger partial charge in [0.2, 0.25) is 23.0 Å². The minimum absolute atomic E-state index is 0.0882. The molecule has 2 aliphatic heterocycles. The quantitative estimate of drug-likeness (QED) is 0.522. The summed E-state index contributed by atoms with van der Waals surface area (Å²) in [6, 6.07) is 5.25. The van der Waals surface area contributed by atoms with Gasteiger partial charge in [-0.15, -0.1) is 0 Å². The Balaban J connectivity index is 1.58. The molecule has 1 aliphatic carbocycles. The molecule has 3 aliphatic rings. The molecule has 0 aromatic heterocycles. The van der Waals surface area contributed by atoms with Crippen LogP contribution < -0.4 is 25.8 Å². The lowest BCUT2D eigenvalue weighted by molar-refractivity contribution is -0.148. The number of piperidine rings is 1. The molecule has 4 rings (SSSR count). The molecule has 2 fully saturated rings. The van der Waals surface area contributed by atoms with Crippen LogP contribution in [-0.4, -0.2) is 41.1 Å². The zero-order valence-corrected chi connectivity index (χ0v) is 16.8. The number of carbonyl (C=O) groups is 2. The largest absolute Gasteiger partial charge is 0.491 e. The van der Waals surface area contributed by atoms with E-state index in [1.807, 2.05) is 0 Å². The molecule has 2 unspecified atom stereocenters. The minimum Gasteiger partial charge on any atom is -0.491 e. The zero-order chi connectivity index (χ0) is 20.4. The Labute approximate surface area is 171 Å². The molecule has 2 heterocycles. The second kappa shape index (κ2) is 8.02. The number of hydrogen-bond donors (Lipinski definition) is 4. The van der Waals surface area contributed by atoms with Crippen molar-refractivity contribution in [1.82, 2.24) is 10.6 Å². The van der Waals surface area contributed by atoms with E-state index in [1.165, 1.54) is 0 Å². The summed E-state index contributed by atoms with van der Waals surface area (Å²) in [6.45, 7) is 0.442. The molecular formula is C19H25N5O4S. The number of amidine groups is 1. The van der Waals surface area contributed by atoms with Crippen LogP contribution in [0.2, 0.25) is 0 Å². The summed E-state index contributed by atoms with van der Waals surface area (Å²) in [5.41, 5.74) is 5.68. The zero-order valence-electron chi connectivity index (χ0n) is 16.0. The van der Waals surface area contributed by atoms with E-state index in [1.54, 1.807) is 18.2 Å². The van der Waals surface area contributed by atoms with E-state index < -0.39 is 16.6 Å². The molecule has 1 saturated carbocycles. The molecule has 9 nitrogen and oxygen atoms in total. The van der Waals surface area contributed by atoms with E-state index in [4.69, 9.17) is 10.5 Å². The van der Waals surface area contributed by atoms with Crippen molar-refractivity contribution in [1.29, 1.82) is 0 Å². The third kappa shape index (κ3) is 3.81. The first-order valence-electron chi connectivity index (χ1n) is 9.88. The van der Waals surface area contributed by atoms with E-state index in [2.05, 4.69) is 19.8 Å². The number of nitrogens with zero attached hydrogens (tertiary/aromatic N) is 1. The van der Waals surface area contributed by atoms with Gasteiger partial charge in [-0.2, -0.15) is 4.40 Å². The number of carbonyl (C=O) groups excluding carboxylic acids is 2. The summed E-state index contributed by atoms with van der Waals surface area (Å²) in [5, 5.41) is 5.86. The lowest BCUT2D eigenvalue weighted by Gasteiger charge is -2.35. The third-order valence-corrected chi connectivity index (χ3v) is 6.52. The van der Waals surface area contributed by atoms with Crippen molar-refractivity contribution in [2.24, 2.45) is 15.5 Å². The maximum absolute atomic E-state index is 13.2.